The van der Waals surface area contributed by atoms with Crippen molar-refractivity contribution >= 4 is 0 Å². The van der Waals surface area contributed by atoms with Crippen LogP contribution in [0.25, 0.3) is 0 Å². The molecular formula is C13H26N2O. The highest BCUT2D eigenvalue weighted by molar-refractivity contribution is 4.85. The zero-order valence-electron chi connectivity index (χ0n) is 11.0. The summed E-state index contributed by atoms with van der Waals surface area (Å²) in [5, 5.41) is 0. The second-order valence-corrected chi connectivity index (χ2v) is 6.04. The molecule has 16 heavy (non-hydrogen) atoms. The molecule has 3 nitrogen and oxygen atoms in total. The van der Waals surface area contributed by atoms with Gasteiger partial charge in [-0.15, -0.1) is 0 Å². The quantitative estimate of drug-likeness (QED) is 0.675. The molecule has 3 heteroatoms. The van der Waals surface area contributed by atoms with E-state index in [1.165, 1.54) is 39.0 Å². The van der Waals surface area contributed by atoms with E-state index in [1.807, 2.05) is 0 Å². The highest BCUT2D eigenvalue weighted by Gasteiger charge is 2.29. The van der Waals surface area contributed by atoms with Crippen molar-refractivity contribution in [1.29, 1.82) is 0 Å². The normalized spacial score (nSPS) is 27.2. The summed E-state index contributed by atoms with van der Waals surface area (Å²) in [4.78, 5) is 5.27. The van der Waals surface area contributed by atoms with Gasteiger partial charge in [0, 0.05) is 51.0 Å². The predicted octanol–water partition coefficient (Wildman–Crippen LogP) is 1.58. The van der Waals surface area contributed by atoms with E-state index in [2.05, 4.69) is 30.6 Å². The van der Waals surface area contributed by atoms with Crippen LogP contribution in [0, 0.1) is 0 Å². The topological polar surface area (TPSA) is 15.7 Å². The third-order valence-electron chi connectivity index (χ3n) is 3.97. The van der Waals surface area contributed by atoms with Crippen LogP contribution in [-0.4, -0.2) is 60.8 Å². The summed E-state index contributed by atoms with van der Waals surface area (Å²) < 4.78 is 5.43. The van der Waals surface area contributed by atoms with Crippen molar-refractivity contribution in [2.45, 2.75) is 45.2 Å². The SMILES string of the molecule is CC(C)(C)N1CCN(C2CCOCC2)CC1. The van der Waals surface area contributed by atoms with E-state index in [-0.39, 0.29) is 0 Å². The highest BCUT2D eigenvalue weighted by atomic mass is 16.5. The minimum Gasteiger partial charge on any atom is -0.381 e. The molecule has 2 aliphatic heterocycles. The van der Waals surface area contributed by atoms with Crippen molar-refractivity contribution in [3.63, 3.8) is 0 Å². The minimum atomic E-state index is 0.335. The van der Waals surface area contributed by atoms with Crippen molar-refractivity contribution in [2.75, 3.05) is 39.4 Å². The van der Waals surface area contributed by atoms with Crippen LogP contribution in [0.4, 0.5) is 0 Å². The van der Waals surface area contributed by atoms with Crippen molar-refractivity contribution < 1.29 is 4.74 Å². The first-order valence-electron chi connectivity index (χ1n) is 6.64. The standard InChI is InChI=1S/C13H26N2O/c1-13(2,3)15-8-6-14(7-9-15)12-4-10-16-11-5-12/h12H,4-11H2,1-3H3. The molecule has 2 aliphatic rings. The Morgan fingerprint density at radius 2 is 1.50 bits per heavy atom. The number of rotatable bonds is 1. The molecule has 2 fully saturated rings. The molecule has 2 saturated heterocycles. The second kappa shape index (κ2) is 5.03. The van der Waals surface area contributed by atoms with Gasteiger partial charge >= 0.3 is 0 Å². The molecule has 2 rings (SSSR count). The maximum absolute atomic E-state index is 5.43. The van der Waals surface area contributed by atoms with Gasteiger partial charge in [-0.2, -0.15) is 0 Å². The molecule has 0 spiro atoms. The van der Waals surface area contributed by atoms with E-state index in [9.17, 15) is 0 Å². The summed E-state index contributed by atoms with van der Waals surface area (Å²) >= 11 is 0. The van der Waals surface area contributed by atoms with Crippen molar-refractivity contribution in [3.8, 4) is 0 Å². The van der Waals surface area contributed by atoms with E-state index >= 15 is 0 Å². The lowest BCUT2D eigenvalue weighted by molar-refractivity contribution is -0.00323. The molecule has 0 aromatic carbocycles. The number of ether oxygens (including phenoxy) is 1. The summed E-state index contributed by atoms with van der Waals surface area (Å²) in [6.45, 7) is 13.8. The summed E-state index contributed by atoms with van der Waals surface area (Å²) in [7, 11) is 0. The van der Waals surface area contributed by atoms with Gasteiger partial charge in [0.05, 0.1) is 0 Å². The number of piperazine rings is 1. The summed E-state index contributed by atoms with van der Waals surface area (Å²) in [5.74, 6) is 0. The summed E-state index contributed by atoms with van der Waals surface area (Å²) in [6, 6.07) is 0.788. The van der Waals surface area contributed by atoms with Crippen LogP contribution in [0.15, 0.2) is 0 Å². The highest BCUT2D eigenvalue weighted by Crippen LogP contribution is 2.20. The maximum Gasteiger partial charge on any atom is 0.0480 e. The van der Waals surface area contributed by atoms with Gasteiger partial charge in [-0.05, 0) is 33.6 Å². The van der Waals surface area contributed by atoms with Crippen molar-refractivity contribution in [2.24, 2.45) is 0 Å². The fourth-order valence-electron chi connectivity index (χ4n) is 2.81. The van der Waals surface area contributed by atoms with Gasteiger partial charge in [-0.1, -0.05) is 0 Å². The Hall–Kier alpha value is -0.120. The van der Waals surface area contributed by atoms with E-state index in [4.69, 9.17) is 4.74 Å². The first kappa shape index (κ1) is 12.3. The van der Waals surface area contributed by atoms with E-state index in [0.717, 1.165) is 19.3 Å². The third-order valence-corrected chi connectivity index (χ3v) is 3.97. The molecule has 0 N–H and O–H groups in total. The summed E-state index contributed by atoms with van der Waals surface area (Å²) in [5.41, 5.74) is 0.335. The minimum absolute atomic E-state index is 0.335. The Bertz CT molecular complexity index is 210. The smallest absolute Gasteiger partial charge is 0.0480 e. The number of hydrogen-bond acceptors (Lipinski definition) is 3. The van der Waals surface area contributed by atoms with E-state index in [0.29, 0.717) is 5.54 Å². The molecule has 0 aromatic rings. The average molecular weight is 226 g/mol. The largest absolute Gasteiger partial charge is 0.381 e. The van der Waals surface area contributed by atoms with Crippen molar-refractivity contribution in [3.05, 3.63) is 0 Å². The Morgan fingerprint density at radius 1 is 0.938 bits per heavy atom. The number of hydrogen-bond donors (Lipinski definition) is 0. The predicted molar refractivity (Wildman–Crippen MR) is 66.7 cm³/mol. The van der Waals surface area contributed by atoms with Crippen LogP contribution in [0.1, 0.15) is 33.6 Å². The zero-order valence-corrected chi connectivity index (χ0v) is 11.0. The first-order valence-corrected chi connectivity index (χ1v) is 6.64. The Morgan fingerprint density at radius 3 is 2.00 bits per heavy atom. The van der Waals surface area contributed by atoms with E-state index < -0.39 is 0 Å². The lowest BCUT2D eigenvalue weighted by atomic mass is 10.0. The Kier molecular flexibility index (Phi) is 3.88. The van der Waals surface area contributed by atoms with Gasteiger partial charge in [-0.25, -0.2) is 0 Å². The summed E-state index contributed by atoms with van der Waals surface area (Å²) in [6.07, 6.45) is 2.46. The van der Waals surface area contributed by atoms with Crippen LogP contribution < -0.4 is 0 Å². The third kappa shape index (κ3) is 2.96. The van der Waals surface area contributed by atoms with Crippen LogP contribution in [0.2, 0.25) is 0 Å². The van der Waals surface area contributed by atoms with Gasteiger partial charge in [-0.3, -0.25) is 9.80 Å². The second-order valence-electron chi connectivity index (χ2n) is 6.04. The molecule has 0 saturated carbocycles. The number of nitrogens with zero attached hydrogens (tertiary/aromatic N) is 2. The fourth-order valence-corrected chi connectivity index (χ4v) is 2.81. The van der Waals surface area contributed by atoms with E-state index in [1.54, 1.807) is 0 Å². The van der Waals surface area contributed by atoms with Gasteiger partial charge in [0.15, 0.2) is 0 Å². The molecule has 0 bridgehead atoms. The van der Waals surface area contributed by atoms with Crippen LogP contribution in [0.5, 0.6) is 0 Å². The first-order chi connectivity index (χ1) is 7.57. The lowest BCUT2D eigenvalue weighted by Crippen LogP contribution is -2.56. The molecule has 94 valence electrons. The van der Waals surface area contributed by atoms with Crippen LogP contribution in [0.3, 0.4) is 0 Å². The van der Waals surface area contributed by atoms with Gasteiger partial charge in [0.25, 0.3) is 0 Å². The maximum atomic E-state index is 5.43. The molecular weight excluding hydrogens is 200 g/mol. The molecule has 2 heterocycles. The average Bonchev–Trinajstić information content (AvgIpc) is 2.29. The fraction of sp³-hybridized carbons (Fsp3) is 1.00. The van der Waals surface area contributed by atoms with Gasteiger partial charge < -0.3 is 4.74 Å². The van der Waals surface area contributed by atoms with Gasteiger partial charge in [0.1, 0.15) is 0 Å². The molecule has 0 amide bonds. The van der Waals surface area contributed by atoms with Crippen molar-refractivity contribution in [1.82, 2.24) is 9.80 Å². The Balaban J connectivity index is 1.80. The van der Waals surface area contributed by atoms with Gasteiger partial charge in [0.2, 0.25) is 0 Å². The van der Waals surface area contributed by atoms with Crippen LogP contribution in [-0.2, 0) is 4.74 Å². The molecule has 0 aliphatic carbocycles. The lowest BCUT2D eigenvalue weighted by Gasteiger charge is -2.45. The molecule has 0 aromatic heterocycles. The Labute approximate surface area is 99.7 Å². The monoisotopic (exact) mass is 226 g/mol. The molecule has 0 radical (unpaired) electrons. The molecule has 0 unspecified atom stereocenters. The van der Waals surface area contributed by atoms with Crippen LogP contribution >= 0.6 is 0 Å². The molecule has 0 atom stereocenters. The zero-order chi connectivity index (χ0) is 11.6.